The van der Waals surface area contributed by atoms with Crippen molar-refractivity contribution in [3.63, 3.8) is 0 Å². The van der Waals surface area contributed by atoms with Crippen molar-refractivity contribution in [3.8, 4) is 6.07 Å². The molecule has 0 bridgehead atoms. The third kappa shape index (κ3) is 6.00. The van der Waals surface area contributed by atoms with Crippen molar-refractivity contribution >= 4 is 17.7 Å². The third-order valence-corrected chi connectivity index (χ3v) is 10.1. The molecular weight excluding hydrogens is 594 g/mol. The number of rotatable bonds is 11. The van der Waals surface area contributed by atoms with Gasteiger partial charge in [0.15, 0.2) is 5.82 Å². The second-order valence-electron chi connectivity index (χ2n) is 13.3. The molecule has 3 aromatic rings. The summed E-state index contributed by atoms with van der Waals surface area (Å²) in [4.78, 5) is 41.2. The first-order chi connectivity index (χ1) is 22.7. The largest absolute Gasteiger partial charge is 0.352 e. The Morgan fingerprint density at radius 3 is 2.13 bits per heavy atom. The van der Waals surface area contributed by atoms with Gasteiger partial charge in [-0.1, -0.05) is 31.2 Å². The highest BCUT2D eigenvalue weighted by Crippen LogP contribution is 2.49. The van der Waals surface area contributed by atoms with Crippen molar-refractivity contribution in [3.05, 3.63) is 75.6 Å². The minimum Gasteiger partial charge on any atom is -0.352 e. The molecule has 2 fully saturated rings. The van der Waals surface area contributed by atoms with Crippen LogP contribution >= 0.6 is 0 Å². The molecule has 4 N–H and O–H groups in total. The zero-order chi connectivity index (χ0) is 33.3. The summed E-state index contributed by atoms with van der Waals surface area (Å²) in [6, 6.07) is 13.5. The van der Waals surface area contributed by atoms with Crippen LogP contribution in [0.3, 0.4) is 0 Å². The summed E-state index contributed by atoms with van der Waals surface area (Å²) in [5.41, 5.74) is 4.11. The van der Waals surface area contributed by atoms with E-state index in [1.54, 1.807) is 4.90 Å². The van der Waals surface area contributed by atoms with Gasteiger partial charge < -0.3 is 20.9 Å². The molecule has 2 aliphatic carbocycles. The summed E-state index contributed by atoms with van der Waals surface area (Å²) in [5.74, 6) is 0.680. The monoisotopic (exact) mass is 637 g/mol. The highest BCUT2D eigenvalue weighted by molar-refractivity contribution is 5.95. The highest BCUT2D eigenvalue weighted by Gasteiger charge is 2.54. The zero-order valence-electron chi connectivity index (χ0n) is 27.5. The Bertz CT molecular complexity index is 1630. The molecule has 6 rings (SSSR count). The average molecular weight is 638 g/mol. The van der Waals surface area contributed by atoms with Gasteiger partial charge in [0.2, 0.25) is 5.91 Å². The van der Waals surface area contributed by atoms with Gasteiger partial charge in [0.1, 0.15) is 6.04 Å². The van der Waals surface area contributed by atoms with E-state index in [9.17, 15) is 19.6 Å². The van der Waals surface area contributed by atoms with Crippen LogP contribution < -0.4 is 16.0 Å². The number of piperidine rings is 1. The summed E-state index contributed by atoms with van der Waals surface area (Å²) in [6.07, 6.45) is 3.49. The first-order valence-corrected chi connectivity index (χ1v) is 16.7. The average Bonchev–Trinajstić information content (AvgIpc) is 3.45. The lowest BCUT2D eigenvalue weighted by atomic mass is 9.66. The highest BCUT2D eigenvalue weighted by atomic mass is 16.2. The maximum absolute atomic E-state index is 13.5. The molecule has 1 unspecified atom stereocenters. The smallest absolute Gasteiger partial charge is 0.251 e. The quantitative estimate of drug-likeness (QED) is 0.249. The van der Waals surface area contributed by atoms with Crippen molar-refractivity contribution < 1.29 is 14.4 Å². The Kier molecular flexibility index (Phi) is 9.10. The molecule has 3 amide bonds. The fraction of sp³-hybridized carbons (Fsp3) is 0.514. The summed E-state index contributed by atoms with van der Waals surface area (Å²) in [5, 5.41) is 34.9. The number of aromatic nitrogens is 4. The number of carbonyl (C=O) groups is 3. The normalized spacial score (nSPS) is 21.1. The molecule has 4 atom stereocenters. The van der Waals surface area contributed by atoms with Crippen molar-refractivity contribution in [2.24, 2.45) is 11.8 Å². The molecule has 0 radical (unpaired) electrons. The minimum atomic E-state index is -0.927. The fourth-order valence-corrected chi connectivity index (χ4v) is 7.66. The maximum Gasteiger partial charge on any atom is 0.251 e. The number of hydrogen-bond donors (Lipinski definition) is 4. The van der Waals surface area contributed by atoms with E-state index in [1.807, 2.05) is 50.2 Å². The van der Waals surface area contributed by atoms with E-state index in [4.69, 9.17) is 0 Å². The van der Waals surface area contributed by atoms with Crippen LogP contribution in [-0.2, 0) is 23.1 Å². The first-order valence-electron chi connectivity index (χ1n) is 16.7. The molecule has 1 aromatic heterocycles. The topological polar surface area (TPSA) is 169 Å². The molecule has 12 nitrogen and oxygen atoms in total. The van der Waals surface area contributed by atoms with Gasteiger partial charge in [-0.3, -0.25) is 14.4 Å². The Hall–Kier alpha value is -4.63. The number of likely N-dealkylation sites (tertiary alicyclic amines) is 1. The van der Waals surface area contributed by atoms with Gasteiger partial charge in [-0.15, -0.1) is 10.2 Å². The van der Waals surface area contributed by atoms with Gasteiger partial charge in [0, 0.05) is 36.3 Å². The van der Waals surface area contributed by atoms with E-state index in [1.165, 1.54) is 0 Å². The van der Waals surface area contributed by atoms with Crippen molar-refractivity contribution in [2.75, 3.05) is 19.6 Å². The summed E-state index contributed by atoms with van der Waals surface area (Å²) < 4.78 is 0. The van der Waals surface area contributed by atoms with Crippen LogP contribution in [0, 0.1) is 23.2 Å². The number of H-pyrrole nitrogens is 1. The number of fused-ring (bicyclic) bond motifs is 3. The van der Waals surface area contributed by atoms with Gasteiger partial charge in [0.05, 0.1) is 18.0 Å². The van der Waals surface area contributed by atoms with E-state index in [0.717, 1.165) is 35.1 Å². The molecule has 12 heteroatoms. The summed E-state index contributed by atoms with van der Waals surface area (Å²) >= 11 is 0. The second-order valence-corrected chi connectivity index (χ2v) is 13.3. The molecule has 1 aliphatic heterocycles. The molecule has 2 aromatic carbocycles. The zero-order valence-corrected chi connectivity index (χ0v) is 27.5. The van der Waals surface area contributed by atoms with Crippen LogP contribution in [0.5, 0.6) is 0 Å². The lowest BCUT2D eigenvalue weighted by Gasteiger charge is -2.38. The maximum atomic E-state index is 13.5. The van der Waals surface area contributed by atoms with Gasteiger partial charge in [-0.25, -0.2) is 0 Å². The second kappa shape index (κ2) is 13.2. The van der Waals surface area contributed by atoms with Crippen LogP contribution in [0.2, 0.25) is 0 Å². The van der Waals surface area contributed by atoms with E-state index < -0.39 is 5.41 Å². The molecule has 2 heterocycles. The van der Waals surface area contributed by atoms with E-state index in [-0.39, 0.29) is 48.3 Å². The summed E-state index contributed by atoms with van der Waals surface area (Å²) in [7, 11) is 0. The summed E-state index contributed by atoms with van der Waals surface area (Å²) in [6.45, 7) is 9.16. The Labute approximate surface area is 275 Å². The van der Waals surface area contributed by atoms with Crippen molar-refractivity contribution in [1.82, 2.24) is 41.5 Å². The number of hydrogen-bond acceptors (Lipinski definition) is 8. The SMILES string of the molecule is CCNC(=O)c1ccc2c(c1)CCc1cc(C(=O)NCC)ccc1C2(C[C@H](NCC(=O)N1C(C#N)C[C@@H]2C[C@@H]21)C(C)C)c1nn[nH]n1. The number of amides is 3. The van der Waals surface area contributed by atoms with E-state index in [2.05, 4.69) is 56.5 Å². The van der Waals surface area contributed by atoms with Crippen LogP contribution in [-0.4, -0.2) is 81.0 Å². The Morgan fingerprint density at radius 1 is 1.00 bits per heavy atom. The molecule has 1 saturated heterocycles. The Balaban J connectivity index is 1.45. The van der Waals surface area contributed by atoms with Crippen LogP contribution in [0.15, 0.2) is 36.4 Å². The number of nitrogens with zero attached hydrogens (tertiary/aromatic N) is 5. The van der Waals surface area contributed by atoms with E-state index >= 15 is 0 Å². The number of aromatic amines is 1. The fourth-order valence-electron chi connectivity index (χ4n) is 7.66. The van der Waals surface area contributed by atoms with Gasteiger partial charge in [0.25, 0.3) is 11.8 Å². The predicted molar refractivity (Wildman–Crippen MR) is 174 cm³/mol. The number of nitrogens with one attached hydrogen (secondary N) is 4. The van der Waals surface area contributed by atoms with Crippen molar-refractivity contribution in [2.45, 2.75) is 83.3 Å². The first kappa shape index (κ1) is 32.3. The van der Waals surface area contributed by atoms with Crippen molar-refractivity contribution in [1.29, 1.82) is 5.26 Å². The molecule has 47 heavy (non-hydrogen) atoms. The number of aryl methyl sites for hydroxylation is 2. The van der Waals surface area contributed by atoms with E-state index in [0.29, 0.717) is 55.2 Å². The Morgan fingerprint density at radius 2 is 1.62 bits per heavy atom. The minimum absolute atomic E-state index is 0.0550. The number of carbonyl (C=O) groups excluding carboxylic acids is 3. The number of tetrazole rings is 1. The molecule has 1 saturated carbocycles. The molecule has 246 valence electrons. The van der Waals surface area contributed by atoms with Crippen LogP contribution in [0.1, 0.15) is 95.8 Å². The predicted octanol–water partition coefficient (Wildman–Crippen LogP) is 2.65. The van der Waals surface area contributed by atoms with Gasteiger partial charge in [-0.05, 0) is 104 Å². The molecule has 0 spiro atoms. The van der Waals surface area contributed by atoms with Gasteiger partial charge >= 0.3 is 0 Å². The third-order valence-electron chi connectivity index (χ3n) is 10.1. The molecule has 3 aliphatic rings. The lowest BCUT2D eigenvalue weighted by molar-refractivity contribution is -0.131. The number of nitriles is 1. The lowest BCUT2D eigenvalue weighted by Crippen LogP contribution is -2.49. The number of benzene rings is 2. The van der Waals surface area contributed by atoms with Gasteiger partial charge in [-0.2, -0.15) is 10.5 Å². The van der Waals surface area contributed by atoms with Crippen LogP contribution in [0.25, 0.3) is 0 Å². The molecular formula is C35H43N9O3. The van der Waals surface area contributed by atoms with Crippen LogP contribution in [0.4, 0.5) is 0 Å². The standard InChI is InChI=1S/C35H43N9O3/c1-5-37-32(46)23-9-11-27-21(13-23)7-8-22-14-24(33(47)38-6-2)10-12-28(22)35(27,34-40-42-43-41-34)17-29(20(3)4)39-19-31(45)44-26(18-36)15-25-16-30(25)44/h9-14,20,25-26,29-30,39H,5-8,15-17,19H2,1-4H3,(H,37,46)(H,38,47)(H,40,41,42,43)/t25-,26?,29+,30+/m1/s1.